The van der Waals surface area contributed by atoms with E-state index in [0.29, 0.717) is 11.3 Å². The molecule has 2 rings (SSSR count). The highest BCUT2D eigenvalue weighted by Gasteiger charge is 2.15. The molecule has 0 spiro atoms. The second-order valence-electron chi connectivity index (χ2n) is 6.06. The Kier molecular flexibility index (Phi) is 8.25. The summed E-state index contributed by atoms with van der Waals surface area (Å²) in [5.41, 5.74) is 0.892. The van der Waals surface area contributed by atoms with Crippen LogP contribution in [-0.2, 0) is 23.9 Å². The smallest absolute Gasteiger partial charge is 0.355 e. The molecule has 0 aliphatic heterocycles. The number of rotatable bonds is 8. The average molecular weight is 413 g/mol. The molecule has 0 radical (unpaired) electrons. The van der Waals surface area contributed by atoms with Crippen molar-refractivity contribution in [3.63, 3.8) is 0 Å². The molecule has 2 aromatic rings. The number of ether oxygens (including phenoxy) is 1. The SMILES string of the molecule is CC(=O)N/C(=C\c1ccccc1)C(=O)OCC(=O)NCC(=O)Nc1ccc(F)cc1. The van der Waals surface area contributed by atoms with Gasteiger partial charge in [-0.25, -0.2) is 9.18 Å². The average Bonchev–Trinajstić information content (AvgIpc) is 2.72. The van der Waals surface area contributed by atoms with E-state index in [1.807, 2.05) is 0 Å². The molecule has 8 nitrogen and oxygen atoms in total. The summed E-state index contributed by atoms with van der Waals surface area (Å²) in [6.45, 7) is 0.221. The minimum atomic E-state index is -0.903. The summed E-state index contributed by atoms with van der Waals surface area (Å²) in [5, 5.41) is 7.12. The lowest BCUT2D eigenvalue weighted by atomic mass is 10.2. The number of nitrogens with one attached hydrogen (secondary N) is 3. The van der Waals surface area contributed by atoms with Crippen LogP contribution in [0.2, 0.25) is 0 Å². The van der Waals surface area contributed by atoms with Crippen LogP contribution in [0.15, 0.2) is 60.3 Å². The van der Waals surface area contributed by atoms with Crippen molar-refractivity contribution in [2.45, 2.75) is 6.92 Å². The van der Waals surface area contributed by atoms with Crippen molar-refractivity contribution in [3.8, 4) is 0 Å². The van der Waals surface area contributed by atoms with Crippen LogP contribution in [-0.4, -0.2) is 36.8 Å². The Morgan fingerprint density at radius 2 is 1.63 bits per heavy atom. The van der Waals surface area contributed by atoms with E-state index < -0.39 is 36.1 Å². The standard InChI is InChI=1S/C21H20FN3O5/c1-14(26)24-18(11-15-5-3-2-4-6-15)21(29)30-13-20(28)23-12-19(27)25-17-9-7-16(22)8-10-17/h2-11H,12-13H2,1H3,(H,23,28)(H,24,26)(H,25,27)/b18-11-. The highest BCUT2D eigenvalue weighted by atomic mass is 19.1. The Balaban J connectivity index is 1.83. The first-order chi connectivity index (χ1) is 14.3. The zero-order chi connectivity index (χ0) is 21.9. The van der Waals surface area contributed by atoms with E-state index in [1.165, 1.54) is 37.3 Å². The third-order valence-corrected chi connectivity index (χ3v) is 3.55. The number of halogens is 1. The number of carbonyl (C=O) groups is 4. The van der Waals surface area contributed by atoms with Gasteiger partial charge in [0.25, 0.3) is 5.91 Å². The number of hydrogen-bond acceptors (Lipinski definition) is 5. The molecule has 0 saturated carbocycles. The van der Waals surface area contributed by atoms with E-state index >= 15 is 0 Å². The van der Waals surface area contributed by atoms with E-state index in [9.17, 15) is 23.6 Å². The molecule has 0 aromatic heterocycles. The minimum Gasteiger partial charge on any atom is -0.451 e. The zero-order valence-corrected chi connectivity index (χ0v) is 16.1. The fourth-order valence-corrected chi connectivity index (χ4v) is 2.23. The summed E-state index contributed by atoms with van der Waals surface area (Å²) in [5.74, 6) is -3.07. The molecule has 3 amide bonds. The van der Waals surface area contributed by atoms with Gasteiger partial charge in [0.2, 0.25) is 11.8 Å². The molecular formula is C21H20FN3O5. The van der Waals surface area contributed by atoms with Crippen LogP contribution in [0.5, 0.6) is 0 Å². The molecule has 2 aromatic carbocycles. The van der Waals surface area contributed by atoms with Gasteiger partial charge in [-0.3, -0.25) is 14.4 Å². The van der Waals surface area contributed by atoms with Gasteiger partial charge in [-0.15, -0.1) is 0 Å². The predicted octanol–water partition coefficient (Wildman–Crippen LogP) is 1.60. The Labute approximate surface area is 172 Å². The van der Waals surface area contributed by atoms with E-state index in [2.05, 4.69) is 16.0 Å². The van der Waals surface area contributed by atoms with Crippen molar-refractivity contribution in [1.29, 1.82) is 0 Å². The van der Waals surface area contributed by atoms with Gasteiger partial charge in [-0.05, 0) is 35.9 Å². The third-order valence-electron chi connectivity index (χ3n) is 3.55. The van der Waals surface area contributed by atoms with Crippen LogP contribution in [0.25, 0.3) is 6.08 Å². The maximum Gasteiger partial charge on any atom is 0.355 e. The van der Waals surface area contributed by atoms with E-state index in [-0.39, 0.29) is 12.2 Å². The molecular weight excluding hydrogens is 393 g/mol. The molecule has 156 valence electrons. The Bertz CT molecular complexity index is 943. The molecule has 0 aliphatic rings. The van der Waals surface area contributed by atoms with Gasteiger partial charge in [0.15, 0.2) is 6.61 Å². The molecule has 0 heterocycles. The van der Waals surface area contributed by atoms with E-state index in [4.69, 9.17) is 4.74 Å². The molecule has 0 unspecified atom stereocenters. The van der Waals surface area contributed by atoms with Crippen molar-refractivity contribution in [2.24, 2.45) is 0 Å². The largest absolute Gasteiger partial charge is 0.451 e. The summed E-state index contributed by atoms with van der Waals surface area (Å²) in [4.78, 5) is 47.1. The van der Waals surface area contributed by atoms with Gasteiger partial charge >= 0.3 is 5.97 Å². The molecule has 30 heavy (non-hydrogen) atoms. The van der Waals surface area contributed by atoms with Gasteiger partial charge < -0.3 is 20.7 Å². The summed E-state index contributed by atoms with van der Waals surface area (Å²) < 4.78 is 17.7. The van der Waals surface area contributed by atoms with Crippen LogP contribution in [0.4, 0.5) is 10.1 Å². The fraction of sp³-hybridized carbons (Fsp3) is 0.143. The highest BCUT2D eigenvalue weighted by molar-refractivity contribution is 5.99. The summed E-state index contributed by atoms with van der Waals surface area (Å²) in [6.07, 6.45) is 1.41. The number of benzene rings is 2. The van der Waals surface area contributed by atoms with E-state index in [0.717, 1.165) is 0 Å². The second kappa shape index (κ2) is 11.1. The predicted molar refractivity (Wildman–Crippen MR) is 107 cm³/mol. The highest BCUT2D eigenvalue weighted by Crippen LogP contribution is 2.08. The van der Waals surface area contributed by atoms with Gasteiger partial charge in [0, 0.05) is 12.6 Å². The molecule has 9 heteroatoms. The van der Waals surface area contributed by atoms with Crippen LogP contribution in [0, 0.1) is 5.82 Å². The maximum atomic E-state index is 12.8. The molecule has 0 fully saturated rings. The number of carbonyl (C=O) groups excluding carboxylic acids is 4. The van der Waals surface area contributed by atoms with Gasteiger partial charge in [-0.2, -0.15) is 0 Å². The minimum absolute atomic E-state index is 0.129. The summed E-state index contributed by atoms with van der Waals surface area (Å²) in [6, 6.07) is 13.9. The van der Waals surface area contributed by atoms with Crippen LogP contribution in [0.1, 0.15) is 12.5 Å². The lowest BCUT2D eigenvalue weighted by molar-refractivity contribution is -0.145. The molecule has 3 N–H and O–H groups in total. The van der Waals surface area contributed by atoms with Crippen molar-refractivity contribution < 1.29 is 28.3 Å². The molecule has 0 atom stereocenters. The lowest BCUT2D eigenvalue weighted by Crippen LogP contribution is -2.36. The van der Waals surface area contributed by atoms with Gasteiger partial charge in [0.1, 0.15) is 11.5 Å². The van der Waals surface area contributed by atoms with Gasteiger partial charge in [0.05, 0.1) is 6.54 Å². The zero-order valence-electron chi connectivity index (χ0n) is 16.1. The summed E-state index contributed by atoms with van der Waals surface area (Å²) in [7, 11) is 0. The monoisotopic (exact) mass is 413 g/mol. The Hall–Kier alpha value is -4.01. The van der Waals surface area contributed by atoms with Crippen molar-refractivity contribution in [1.82, 2.24) is 10.6 Å². The third kappa shape index (κ3) is 7.93. The van der Waals surface area contributed by atoms with Crippen LogP contribution >= 0.6 is 0 Å². The topological polar surface area (TPSA) is 114 Å². The first-order valence-electron chi connectivity index (χ1n) is 8.87. The Morgan fingerprint density at radius 3 is 2.27 bits per heavy atom. The van der Waals surface area contributed by atoms with Crippen LogP contribution < -0.4 is 16.0 Å². The molecule has 0 saturated heterocycles. The van der Waals surface area contributed by atoms with Crippen molar-refractivity contribution in [3.05, 3.63) is 71.7 Å². The number of amides is 3. The van der Waals surface area contributed by atoms with Gasteiger partial charge in [-0.1, -0.05) is 30.3 Å². The first kappa shape index (κ1) is 22.3. The lowest BCUT2D eigenvalue weighted by Gasteiger charge is -2.10. The summed E-state index contributed by atoms with van der Waals surface area (Å²) >= 11 is 0. The molecule has 0 aliphatic carbocycles. The quantitative estimate of drug-likeness (QED) is 0.449. The first-order valence-corrected chi connectivity index (χ1v) is 8.87. The number of hydrogen-bond donors (Lipinski definition) is 3. The number of esters is 1. The fourth-order valence-electron chi connectivity index (χ4n) is 2.23. The van der Waals surface area contributed by atoms with Crippen molar-refractivity contribution in [2.75, 3.05) is 18.5 Å². The normalized spacial score (nSPS) is 10.7. The number of anilines is 1. The molecule has 0 bridgehead atoms. The Morgan fingerprint density at radius 1 is 0.967 bits per heavy atom. The van der Waals surface area contributed by atoms with Crippen molar-refractivity contribution >= 4 is 35.5 Å². The van der Waals surface area contributed by atoms with Crippen LogP contribution in [0.3, 0.4) is 0 Å². The van der Waals surface area contributed by atoms with E-state index in [1.54, 1.807) is 30.3 Å². The second-order valence-corrected chi connectivity index (χ2v) is 6.06. The maximum absolute atomic E-state index is 12.8.